The molecule has 64 valence electrons. The fourth-order valence-electron chi connectivity index (χ4n) is 1.16. The molecule has 0 saturated carbocycles. The molecule has 0 heterocycles. The van der Waals surface area contributed by atoms with E-state index in [2.05, 4.69) is 13.8 Å². The zero-order valence-electron chi connectivity index (χ0n) is 7.45. The molecule has 0 unspecified atom stereocenters. The van der Waals surface area contributed by atoms with Gasteiger partial charge in [0.05, 0.1) is 0 Å². The molecule has 0 saturated heterocycles. The van der Waals surface area contributed by atoms with Crippen molar-refractivity contribution in [3.05, 3.63) is 29.8 Å². The smallest absolute Gasteiger partial charge is 0.504 e. The van der Waals surface area contributed by atoms with Gasteiger partial charge in [-0.1, -0.05) is 32.0 Å². The zero-order chi connectivity index (χ0) is 8.97. The first-order valence-corrected chi connectivity index (χ1v) is 4.08. The molecule has 1 aromatic rings. The molecule has 0 fully saturated rings. The second kappa shape index (κ2) is 4.17. The normalized spacial score (nSPS) is 10.0. The van der Waals surface area contributed by atoms with Crippen molar-refractivity contribution < 1.29 is 9.68 Å². The van der Waals surface area contributed by atoms with Crippen LogP contribution in [0.1, 0.15) is 25.3 Å². The summed E-state index contributed by atoms with van der Waals surface area (Å²) in [4.78, 5) is 0. The van der Waals surface area contributed by atoms with Crippen molar-refractivity contribution in [2.75, 3.05) is 0 Å². The van der Waals surface area contributed by atoms with E-state index in [4.69, 9.17) is 9.68 Å². The van der Waals surface area contributed by atoms with E-state index in [0.717, 1.165) is 11.3 Å². The van der Waals surface area contributed by atoms with E-state index in [1.807, 2.05) is 24.3 Å². The first kappa shape index (κ1) is 9.14. The molecule has 0 aliphatic heterocycles. The molecule has 1 N–H and O–H groups in total. The van der Waals surface area contributed by atoms with Crippen LogP contribution in [0.5, 0.6) is 5.75 Å². The maximum absolute atomic E-state index is 8.60. The lowest BCUT2D eigenvalue weighted by Gasteiger charge is -2.11. The average Bonchev–Trinajstić information content (AvgIpc) is 2.05. The Bertz CT molecular complexity index is 248. The van der Waals surface area contributed by atoms with E-state index in [1.54, 1.807) is 0 Å². The van der Waals surface area contributed by atoms with Gasteiger partial charge >= 0.3 is 7.69 Å². The second-order valence-electron chi connectivity index (χ2n) is 2.97. The van der Waals surface area contributed by atoms with Crippen molar-refractivity contribution in [3.8, 4) is 5.75 Å². The molecule has 0 aliphatic carbocycles. The molecule has 3 heteroatoms. The minimum absolute atomic E-state index is 0.260. The lowest BCUT2D eigenvalue weighted by Crippen LogP contribution is -2.03. The van der Waals surface area contributed by atoms with E-state index in [0.29, 0.717) is 5.92 Å². The van der Waals surface area contributed by atoms with Gasteiger partial charge in [0.15, 0.2) is 0 Å². The Balaban J connectivity index is 2.92. The third-order valence-electron chi connectivity index (χ3n) is 1.76. The van der Waals surface area contributed by atoms with Crippen LogP contribution >= 0.6 is 0 Å². The molecule has 0 atom stereocenters. The van der Waals surface area contributed by atoms with Crippen molar-refractivity contribution in [2.45, 2.75) is 19.8 Å². The summed E-state index contributed by atoms with van der Waals surface area (Å²) in [6.07, 6.45) is 0. The van der Waals surface area contributed by atoms with Crippen molar-refractivity contribution >= 4 is 7.69 Å². The third kappa shape index (κ3) is 2.01. The highest BCUT2D eigenvalue weighted by Gasteiger charge is 2.05. The molecule has 2 nitrogen and oxygen atoms in total. The maximum atomic E-state index is 8.60. The number of benzene rings is 1. The van der Waals surface area contributed by atoms with E-state index in [-0.39, 0.29) is 7.69 Å². The van der Waals surface area contributed by atoms with Crippen LogP contribution < -0.4 is 4.65 Å². The molecule has 0 radical (unpaired) electrons. The van der Waals surface area contributed by atoms with Gasteiger partial charge in [-0.25, -0.2) is 0 Å². The van der Waals surface area contributed by atoms with Crippen LogP contribution in [0.3, 0.4) is 0 Å². The minimum atomic E-state index is -0.260. The lowest BCUT2D eigenvalue weighted by atomic mass is 10.0. The van der Waals surface area contributed by atoms with E-state index >= 15 is 0 Å². The van der Waals surface area contributed by atoms with Crippen LogP contribution in [0.25, 0.3) is 0 Å². The Morgan fingerprint density at radius 2 is 2.00 bits per heavy atom. The monoisotopic (exact) mass is 164 g/mol. The molecule has 12 heavy (non-hydrogen) atoms. The van der Waals surface area contributed by atoms with Crippen LogP contribution in [-0.4, -0.2) is 12.7 Å². The van der Waals surface area contributed by atoms with Crippen LogP contribution in [-0.2, 0) is 0 Å². The van der Waals surface area contributed by atoms with Crippen molar-refractivity contribution in [1.29, 1.82) is 0 Å². The summed E-state index contributed by atoms with van der Waals surface area (Å²) in [5.41, 5.74) is 1.13. The van der Waals surface area contributed by atoms with Crippen LogP contribution in [0.4, 0.5) is 0 Å². The summed E-state index contributed by atoms with van der Waals surface area (Å²) >= 11 is 0. The first-order valence-electron chi connectivity index (χ1n) is 4.08. The Hall–Kier alpha value is -0.955. The highest BCUT2D eigenvalue weighted by atomic mass is 16.5. The summed E-state index contributed by atoms with van der Waals surface area (Å²) in [5.74, 6) is 1.20. The predicted molar refractivity (Wildman–Crippen MR) is 50.5 cm³/mol. The molecule has 1 rings (SSSR count). The number of para-hydroxylation sites is 1. The van der Waals surface area contributed by atoms with Gasteiger partial charge < -0.3 is 9.68 Å². The van der Waals surface area contributed by atoms with E-state index in [1.165, 1.54) is 0 Å². The van der Waals surface area contributed by atoms with Crippen molar-refractivity contribution in [3.63, 3.8) is 0 Å². The Morgan fingerprint density at radius 1 is 1.33 bits per heavy atom. The van der Waals surface area contributed by atoms with Crippen LogP contribution in [0.15, 0.2) is 24.3 Å². The largest absolute Gasteiger partial charge is 0.539 e. The Labute approximate surface area is 73.5 Å². The standard InChI is InChI=1S/C9H13BO2/c1-7(2)8-5-3-4-6-9(8)12-10-11/h3-7,10-11H,1-2H3. The molecular formula is C9H13BO2. The van der Waals surface area contributed by atoms with Gasteiger partial charge in [0.25, 0.3) is 0 Å². The Morgan fingerprint density at radius 3 is 2.58 bits per heavy atom. The van der Waals surface area contributed by atoms with Gasteiger partial charge in [-0.15, -0.1) is 0 Å². The predicted octanol–water partition coefficient (Wildman–Crippen LogP) is 1.45. The maximum Gasteiger partial charge on any atom is 0.504 e. The van der Waals surface area contributed by atoms with E-state index < -0.39 is 0 Å². The fraction of sp³-hybridized carbons (Fsp3) is 0.333. The summed E-state index contributed by atoms with van der Waals surface area (Å²) in [6, 6.07) is 7.75. The SMILES string of the molecule is CC(C)c1ccccc1OBO. The van der Waals surface area contributed by atoms with Gasteiger partial charge in [-0.3, -0.25) is 0 Å². The van der Waals surface area contributed by atoms with Crippen molar-refractivity contribution in [2.24, 2.45) is 0 Å². The van der Waals surface area contributed by atoms with Gasteiger partial charge in [0.1, 0.15) is 5.75 Å². The van der Waals surface area contributed by atoms with Crippen LogP contribution in [0, 0.1) is 0 Å². The summed E-state index contributed by atoms with van der Waals surface area (Å²) in [7, 11) is -0.260. The van der Waals surface area contributed by atoms with E-state index in [9.17, 15) is 0 Å². The topological polar surface area (TPSA) is 29.5 Å². The molecular weight excluding hydrogens is 151 g/mol. The summed E-state index contributed by atoms with van der Waals surface area (Å²) in [5, 5.41) is 8.60. The number of hydrogen-bond acceptors (Lipinski definition) is 2. The Kier molecular flexibility index (Phi) is 3.17. The first-order chi connectivity index (χ1) is 5.75. The molecule has 0 aromatic heterocycles. The van der Waals surface area contributed by atoms with Gasteiger partial charge in [0, 0.05) is 0 Å². The molecule has 0 amide bonds. The highest BCUT2D eigenvalue weighted by Crippen LogP contribution is 2.25. The number of hydrogen-bond donors (Lipinski definition) is 1. The van der Waals surface area contributed by atoms with Gasteiger partial charge in [-0.05, 0) is 17.5 Å². The summed E-state index contributed by atoms with van der Waals surface area (Å²) in [6.45, 7) is 4.19. The lowest BCUT2D eigenvalue weighted by molar-refractivity contribution is 0.449. The molecule has 0 aliphatic rings. The van der Waals surface area contributed by atoms with Crippen molar-refractivity contribution in [1.82, 2.24) is 0 Å². The average molecular weight is 164 g/mol. The minimum Gasteiger partial charge on any atom is -0.539 e. The third-order valence-corrected chi connectivity index (χ3v) is 1.76. The molecule has 0 bridgehead atoms. The zero-order valence-corrected chi connectivity index (χ0v) is 7.45. The molecule has 1 aromatic carbocycles. The quantitative estimate of drug-likeness (QED) is 0.685. The summed E-state index contributed by atoms with van der Waals surface area (Å²) < 4.78 is 5.05. The van der Waals surface area contributed by atoms with Crippen LogP contribution in [0.2, 0.25) is 0 Å². The van der Waals surface area contributed by atoms with Gasteiger partial charge in [-0.2, -0.15) is 0 Å². The number of rotatable bonds is 3. The van der Waals surface area contributed by atoms with Gasteiger partial charge in [0.2, 0.25) is 0 Å². The molecule has 0 spiro atoms. The highest BCUT2D eigenvalue weighted by molar-refractivity contribution is 6.17. The second-order valence-corrected chi connectivity index (χ2v) is 2.97. The fourth-order valence-corrected chi connectivity index (χ4v) is 1.16.